The van der Waals surface area contributed by atoms with Crippen LogP contribution in [0.25, 0.3) is 0 Å². The van der Waals surface area contributed by atoms with Crippen molar-refractivity contribution in [2.24, 2.45) is 4.99 Å². The Hall–Kier alpha value is -0.960. The van der Waals surface area contributed by atoms with Crippen LogP contribution in [0.2, 0.25) is 0 Å². The van der Waals surface area contributed by atoms with Crippen LogP contribution in [0.4, 0.5) is 0 Å². The Morgan fingerprint density at radius 3 is 2.69 bits per heavy atom. The van der Waals surface area contributed by atoms with Gasteiger partial charge < -0.3 is 15.5 Å². The van der Waals surface area contributed by atoms with Crippen LogP contribution in [-0.2, 0) is 4.79 Å². The number of carbonyl (C=O) groups is 1. The van der Waals surface area contributed by atoms with Gasteiger partial charge in [0.15, 0.2) is 5.96 Å². The van der Waals surface area contributed by atoms with Crippen LogP contribution in [-0.4, -0.2) is 54.7 Å². The minimum atomic E-state index is 0. The number of hydrogen-bond donors (Lipinski definition) is 2. The lowest BCUT2D eigenvalue weighted by Gasteiger charge is -2.18. The smallest absolute Gasteiger partial charge is 0.222 e. The lowest BCUT2D eigenvalue weighted by Crippen LogP contribution is -2.45. The molecule has 0 aliphatic carbocycles. The van der Waals surface area contributed by atoms with E-state index >= 15 is 0 Å². The average Bonchev–Trinajstić information content (AvgIpc) is 3.08. The minimum absolute atomic E-state index is 0. The fraction of sp³-hybridized carbons (Fsp3) is 0.579. The quantitative estimate of drug-likeness (QED) is 0.203. The summed E-state index contributed by atoms with van der Waals surface area (Å²) in [6.45, 7) is 9.30. The van der Waals surface area contributed by atoms with E-state index in [1.807, 2.05) is 23.6 Å². The number of carbonyl (C=O) groups excluding carboxylic acids is 1. The van der Waals surface area contributed by atoms with Crippen molar-refractivity contribution >= 4 is 47.6 Å². The molecule has 2 rings (SSSR count). The molecule has 0 saturated carbocycles. The number of guanidine groups is 1. The molecular formula is C19H31IN4OS. The highest BCUT2D eigenvalue weighted by molar-refractivity contribution is 14.0. The molecule has 1 atom stereocenters. The molecule has 1 saturated heterocycles. The number of amides is 1. The molecule has 1 aliphatic heterocycles. The maximum Gasteiger partial charge on any atom is 0.222 e. The van der Waals surface area contributed by atoms with Gasteiger partial charge >= 0.3 is 0 Å². The Labute approximate surface area is 178 Å². The first kappa shape index (κ1) is 23.1. The summed E-state index contributed by atoms with van der Waals surface area (Å²) in [6.07, 6.45) is 1.56. The van der Waals surface area contributed by atoms with Gasteiger partial charge in [0, 0.05) is 42.7 Å². The van der Waals surface area contributed by atoms with E-state index in [0.717, 1.165) is 44.3 Å². The van der Waals surface area contributed by atoms with Crippen molar-refractivity contribution in [1.82, 2.24) is 15.5 Å². The standard InChI is InChI=1S/C19H30N4OS.HI/c1-4-18(24)23-12-10-16(14-23)22-19(20-5-2)21-11-13-25-17-8-6-15(3)7-9-17;/h6-9,16H,4-5,10-14H2,1-3H3,(H2,20,21,22);1H. The summed E-state index contributed by atoms with van der Waals surface area (Å²) < 4.78 is 0. The lowest BCUT2D eigenvalue weighted by atomic mass is 10.2. The van der Waals surface area contributed by atoms with Gasteiger partial charge in [-0.3, -0.25) is 9.79 Å². The van der Waals surface area contributed by atoms with Crippen LogP contribution in [0.3, 0.4) is 0 Å². The van der Waals surface area contributed by atoms with Gasteiger partial charge in [0.05, 0.1) is 6.54 Å². The SMILES string of the molecule is CCNC(=NCCSc1ccc(C)cc1)NC1CCN(C(=O)CC)C1.I. The highest BCUT2D eigenvalue weighted by Gasteiger charge is 2.25. The van der Waals surface area contributed by atoms with E-state index in [9.17, 15) is 4.79 Å². The molecule has 1 aliphatic rings. The Morgan fingerprint density at radius 1 is 1.31 bits per heavy atom. The zero-order valence-electron chi connectivity index (χ0n) is 16.0. The molecule has 0 bridgehead atoms. The average molecular weight is 490 g/mol. The van der Waals surface area contributed by atoms with E-state index in [4.69, 9.17) is 0 Å². The zero-order valence-corrected chi connectivity index (χ0v) is 19.1. The van der Waals surface area contributed by atoms with Crippen molar-refractivity contribution in [3.05, 3.63) is 29.8 Å². The summed E-state index contributed by atoms with van der Waals surface area (Å²) in [4.78, 5) is 19.7. The molecule has 1 fully saturated rings. The van der Waals surface area contributed by atoms with Gasteiger partial charge in [-0.2, -0.15) is 0 Å². The first-order chi connectivity index (χ1) is 12.1. The molecule has 1 unspecified atom stereocenters. The second kappa shape index (κ2) is 12.4. The zero-order chi connectivity index (χ0) is 18.1. The van der Waals surface area contributed by atoms with Gasteiger partial charge in [-0.1, -0.05) is 24.6 Å². The number of aliphatic imine (C=N–C) groups is 1. The third kappa shape index (κ3) is 7.73. The number of aryl methyl sites for hydroxylation is 1. The second-order valence-corrected chi connectivity index (χ2v) is 7.41. The maximum atomic E-state index is 11.8. The normalized spacial score (nSPS) is 17.0. The summed E-state index contributed by atoms with van der Waals surface area (Å²) >= 11 is 1.82. The maximum absolute atomic E-state index is 11.8. The van der Waals surface area contributed by atoms with E-state index in [1.165, 1.54) is 10.5 Å². The Morgan fingerprint density at radius 2 is 2.04 bits per heavy atom. The van der Waals surface area contributed by atoms with Crippen molar-refractivity contribution in [2.45, 2.75) is 44.6 Å². The van der Waals surface area contributed by atoms with Crippen LogP contribution in [0.15, 0.2) is 34.2 Å². The number of thioether (sulfide) groups is 1. The topological polar surface area (TPSA) is 56.7 Å². The fourth-order valence-electron chi connectivity index (χ4n) is 2.80. The van der Waals surface area contributed by atoms with E-state index in [1.54, 1.807) is 0 Å². The number of nitrogens with zero attached hydrogens (tertiary/aromatic N) is 2. The molecular weight excluding hydrogens is 459 g/mol. The van der Waals surface area contributed by atoms with Gasteiger partial charge in [0.2, 0.25) is 5.91 Å². The lowest BCUT2D eigenvalue weighted by molar-refractivity contribution is -0.129. The summed E-state index contributed by atoms with van der Waals surface area (Å²) in [5.41, 5.74) is 1.29. The first-order valence-electron chi connectivity index (χ1n) is 9.14. The predicted octanol–water partition coefficient (Wildman–Crippen LogP) is 3.27. The van der Waals surface area contributed by atoms with Gasteiger partial charge in [-0.25, -0.2) is 0 Å². The van der Waals surface area contributed by atoms with Crippen molar-refractivity contribution < 1.29 is 4.79 Å². The van der Waals surface area contributed by atoms with Crippen molar-refractivity contribution in [3.63, 3.8) is 0 Å². The van der Waals surface area contributed by atoms with Gasteiger partial charge in [0.25, 0.3) is 0 Å². The first-order valence-corrected chi connectivity index (χ1v) is 10.1. The summed E-state index contributed by atoms with van der Waals surface area (Å²) in [5, 5.41) is 6.77. The third-order valence-corrected chi connectivity index (χ3v) is 5.17. The molecule has 1 amide bonds. The van der Waals surface area contributed by atoms with Gasteiger partial charge in [-0.15, -0.1) is 35.7 Å². The highest BCUT2D eigenvalue weighted by atomic mass is 127. The van der Waals surface area contributed by atoms with Gasteiger partial charge in [0.1, 0.15) is 0 Å². The fourth-order valence-corrected chi connectivity index (χ4v) is 3.54. The molecule has 146 valence electrons. The van der Waals surface area contributed by atoms with E-state index in [0.29, 0.717) is 6.42 Å². The number of nitrogens with one attached hydrogen (secondary N) is 2. The number of likely N-dealkylation sites (tertiary alicyclic amines) is 1. The number of rotatable bonds is 7. The number of halogens is 1. The van der Waals surface area contributed by atoms with Gasteiger partial charge in [-0.05, 0) is 32.4 Å². The number of benzene rings is 1. The molecule has 26 heavy (non-hydrogen) atoms. The second-order valence-electron chi connectivity index (χ2n) is 6.25. The van der Waals surface area contributed by atoms with Crippen LogP contribution in [0.1, 0.15) is 32.3 Å². The van der Waals surface area contributed by atoms with E-state index < -0.39 is 0 Å². The molecule has 0 radical (unpaired) electrons. The summed E-state index contributed by atoms with van der Waals surface area (Å²) in [5.74, 6) is 2.04. The van der Waals surface area contributed by atoms with E-state index in [2.05, 4.69) is 53.7 Å². The number of hydrogen-bond acceptors (Lipinski definition) is 3. The van der Waals surface area contributed by atoms with Crippen LogP contribution < -0.4 is 10.6 Å². The molecule has 1 aromatic rings. The van der Waals surface area contributed by atoms with Crippen molar-refractivity contribution in [1.29, 1.82) is 0 Å². The minimum Gasteiger partial charge on any atom is -0.357 e. The van der Waals surface area contributed by atoms with Crippen LogP contribution in [0, 0.1) is 6.92 Å². The summed E-state index contributed by atoms with van der Waals surface area (Å²) in [6, 6.07) is 8.88. The molecule has 1 heterocycles. The molecule has 0 aromatic heterocycles. The monoisotopic (exact) mass is 490 g/mol. The Balaban J connectivity index is 0.00000338. The summed E-state index contributed by atoms with van der Waals surface area (Å²) in [7, 11) is 0. The predicted molar refractivity (Wildman–Crippen MR) is 122 cm³/mol. The van der Waals surface area contributed by atoms with Crippen LogP contribution >= 0.6 is 35.7 Å². The van der Waals surface area contributed by atoms with E-state index in [-0.39, 0.29) is 35.9 Å². The molecule has 5 nitrogen and oxygen atoms in total. The Kier molecular flexibility index (Phi) is 11.0. The van der Waals surface area contributed by atoms with Crippen molar-refractivity contribution in [2.75, 3.05) is 31.9 Å². The molecule has 1 aromatic carbocycles. The molecule has 7 heteroatoms. The third-order valence-electron chi connectivity index (χ3n) is 4.18. The molecule has 2 N–H and O–H groups in total. The van der Waals surface area contributed by atoms with Crippen molar-refractivity contribution in [3.8, 4) is 0 Å². The van der Waals surface area contributed by atoms with Crippen LogP contribution in [0.5, 0.6) is 0 Å². The Bertz CT molecular complexity index is 579. The highest BCUT2D eigenvalue weighted by Crippen LogP contribution is 2.17. The largest absolute Gasteiger partial charge is 0.357 e. The molecule has 0 spiro atoms.